The molecule has 0 radical (unpaired) electrons. The van der Waals surface area contributed by atoms with Crippen LogP contribution in [0.5, 0.6) is 11.5 Å². The van der Waals surface area contributed by atoms with Gasteiger partial charge in [0.15, 0.2) is 17.7 Å². The van der Waals surface area contributed by atoms with Gasteiger partial charge in [0.25, 0.3) is 0 Å². The fourth-order valence-corrected chi connectivity index (χ4v) is 5.11. The van der Waals surface area contributed by atoms with Crippen LogP contribution in [0.1, 0.15) is 17.5 Å². The van der Waals surface area contributed by atoms with Gasteiger partial charge in [0, 0.05) is 11.6 Å². The Bertz CT molecular complexity index is 711. The Morgan fingerprint density at radius 1 is 1.43 bits per heavy atom. The number of methoxy groups -OCH3 is 1. The molecule has 1 saturated heterocycles. The normalized spacial score (nSPS) is 41.6. The van der Waals surface area contributed by atoms with E-state index >= 15 is 0 Å². The molecule has 2 aliphatic heterocycles. The molecule has 0 amide bonds. The van der Waals surface area contributed by atoms with Crippen molar-refractivity contribution in [3.05, 3.63) is 35.4 Å². The molecule has 6 heteroatoms. The van der Waals surface area contributed by atoms with Crippen LogP contribution in [0.4, 0.5) is 4.39 Å². The summed E-state index contributed by atoms with van der Waals surface area (Å²) in [5.74, 6) is 1.24. The number of aliphatic hydroxyl groups is 1. The molecule has 5 unspecified atom stereocenters. The highest BCUT2D eigenvalue weighted by Crippen LogP contribution is 2.63. The lowest BCUT2D eigenvalue weighted by molar-refractivity contribution is -0.110. The molecule has 23 heavy (non-hydrogen) atoms. The molecule has 5 atom stereocenters. The second kappa shape index (κ2) is 4.62. The molecule has 1 fully saturated rings. The topological polar surface area (TPSA) is 50.7 Å². The van der Waals surface area contributed by atoms with E-state index in [4.69, 9.17) is 9.47 Å². The smallest absolute Gasteiger partial charge is 0.166 e. The van der Waals surface area contributed by atoms with Crippen LogP contribution in [0.25, 0.3) is 0 Å². The number of ether oxygens (including phenoxy) is 2. The van der Waals surface area contributed by atoms with Gasteiger partial charge in [-0.3, -0.25) is 0 Å². The van der Waals surface area contributed by atoms with E-state index in [0.717, 1.165) is 17.7 Å². The van der Waals surface area contributed by atoms with Crippen molar-refractivity contribution in [2.45, 2.75) is 42.2 Å². The Labute approximate surface area is 140 Å². The summed E-state index contributed by atoms with van der Waals surface area (Å²) in [5.41, 5.74) is 0.268. The van der Waals surface area contributed by atoms with Gasteiger partial charge in [-0.2, -0.15) is 0 Å². The van der Waals surface area contributed by atoms with E-state index < -0.39 is 23.3 Å². The SMILES string of the molecule is COc1ccc2c3c1OC1C(F)C=CC4(O)C(C2)NCCC314.Cl. The van der Waals surface area contributed by atoms with Crippen molar-refractivity contribution < 1.29 is 19.0 Å². The van der Waals surface area contributed by atoms with Gasteiger partial charge in [0.1, 0.15) is 11.7 Å². The van der Waals surface area contributed by atoms with Gasteiger partial charge < -0.3 is 19.9 Å². The molecule has 1 aromatic carbocycles. The molecular formula is C17H19ClFNO3. The van der Waals surface area contributed by atoms with Crippen molar-refractivity contribution in [3.63, 3.8) is 0 Å². The van der Waals surface area contributed by atoms with E-state index in [1.165, 1.54) is 6.08 Å². The number of alkyl halides is 1. The van der Waals surface area contributed by atoms with Crippen LogP contribution >= 0.6 is 12.4 Å². The summed E-state index contributed by atoms with van der Waals surface area (Å²) in [5, 5.41) is 14.9. The Morgan fingerprint density at radius 2 is 2.26 bits per heavy atom. The maximum atomic E-state index is 14.6. The molecule has 5 rings (SSSR count). The number of nitrogens with one attached hydrogen (secondary N) is 1. The van der Waals surface area contributed by atoms with Crippen LogP contribution in [0.15, 0.2) is 24.3 Å². The molecule has 2 bridgehead atoms. The second-order valence-electron chi connectivity index (χ2n) is 6.73. The molecule has 4 nitrogen and oxygen atoms in total. The van der Waals surface area contributed by atoms with Crippen molar-refractivity contribution in [3.8, 4) is 11.5 Å². The average molecular weight is 340 g/mol. The summed E-state index contributed by atoms with van der Waals surface area (Å²) < 4.78 is 26.1. The van der Waals surface area contributed by atoms with Crippen LogP contribution < -0.4 is 14.8 Å². The van der Waals surface area contributed by atoms with Crippen LogP contribution in [-0.2, 0) is 11.8 Å². The van der Waals surface area contributed by atoms with Crippen LogP contribution in [0, 0.1) is 0 Å². The number of hydrogen-bond acceptors (Lipinski definition) is 4. The zero-order valence-corrected chi connectivity index (χ0v) is 13.5. The van der Waals surface area contributed by atoms with Crippen molar-refractivity contribution in [1.29, 1.82) is 0 Å². The monoisotopic (exact) mass is 339 g/mol. The first-order chi connectivity index (χ1) is 10.6. The largest absolute Gasteiger partial charge is 0.493 e. The van der Waals surface area contributed by atoms with E-state index in [-0.39, 0.29) is 18.4 Å². The predicted octanol–water partition coefficient (Wildman–Crippen LogP) is 1.67. The quantitative estimate of drug-likeness (QED) is 0.764. The molecular weight excluding hydrogens is 321 g/mol. The first-order valence-corrected chi connectivity index (χ1v) is 7.78. The minimum atomic E-state index is -1.22. The summed E-state index contributed by atoms with van der Waals surface area (Å²) in [7, 11) is 1.59. The fourth-order valence-electron chi connectivity index (χ4n) is 5.11. The first kappa shape index (κ1) is 15.2. The highest BCUT2D eigenvalue weighted by Gasteiger charge is 2.70. The molecule has 2 heterocycles. The maximum Gasteiger partial charge on any atom is 0.166 e. The summed E-state index contributed by atoms with van der Waals surface area (Å²) >= 11 is 0. The number of rotatable bonds is 1. The zero-order valence-electron chi connectivity index (χ0n) is 12.7. The first-order valence-electron chi connectivity index (χ1n) is 7.78. The number of piperidine rings is 1. The molecule has 2 aliphatic carbocycles. The Kier molecular flexibility index (Phi) is 3.06. The maximum absolute atomic E-state index is 14.6. The Hall–Kier alpha value is -1.30. The molecule has 124 valence electrons. The average Bonchev–Trinajstić information content (AvgIpc) is 2.85. The van der Waals surface area contributed by atoms with Gasteiger partial charge in [-0.05, 0) is 37.1 Å². The molecule has 1 spiro atoms. The highest BCUT2D eigenvalue weighted by molar-refractivity contribution is 5.85. The van der Waals surface area contributed by atoms with Gasteiger partial charge in [-0.25, -0.2) is 4.39 Å². The third kappa shape index (κ3) is 1.49. The van der Waals surface area contributed by atoms with Gasteiger partial charge in [0.2, 0.25) is 0 Å². The van der Waals surface area contributed by atoms with Crippen LogP contribution in [0.3, 0.4) is 0 Å². The van der Waals surface area contributed by atoms with Crippen molar-refractivity contribution in [1.82, 2.24) is 5.32 Å². The summed E-state index contributed by atoms with van der Waals surface area (Å²) in [6.07, 6.45) is 2.57. The Balaban J connectivity index is 0.00000135. The zero-order chi connectivity index (χ0) is 15.1. The van der Waals surface area contributed by atoms with Crippen LogP contribution in [0.2, 0.25) is 0 Å². The minimum Gasteiger partial charge on any atom is -0.493 e. The lowest BCUT2D eigenvalue weighted by Gasteiger charge is -2.58. The molecule has 2 N–H and O–H groups in total. The van der Waals surface area contributed by atoms with Gasteiger partial charge in [-0.15, -0.1) is 12.4 Å². The third-order valence-corrected chi connectivity index (χ3v) is 6.01. The van der Waals surface area contributed by atoms with Crippen molar-refractivity contribution >= 4 is 12.4 Å². The van der Waals surface area contributed by atoms with E-state index in [0.29, 0.717) is 24.3 Å². The third-order valence-electron chi connectivity index (χ3n) is 6.01. The van der Waals surface area contributed by atoms with Crippen molar-refractivity contribution in [2.24, 2.45) is 0 Å². The molecule has 0 aromatic heterocycles. The van der Waals surface area contributed by atoms with E-state index in [1.54, 1.807) is 13.2 Å². The molecule has 0 saturated carbocycles. The van der Waals surface area contributed by atoms with Crippen LogP contribution in [-0.4, -0.2) is 42.7 Å². The fraction of sp³-hybridized carbons (Fsp3) is 0.529. The highest BCUT2D eigenvalue weighted by atomic mass is 35.5. The molecule has 1 aromatic rings. The number of benzene rings is 1. The number of hydrogen-bond donors (Lipinski definition) is 2. The summed E-state index contributed by atoms with van der Waals surface area (Å²) in [6.45, 7) is 0.753. The lowest BCUT2D eigenvalue weighted by atomic mass is 9.51. The lowest BCUT2D eigenvalue weighted by Crippen LogP contribution is -2.74. The standard InChI is InChI=1S/C17H18FNO3.ClH/c1-21-11-3-2-9-8-12-17(20)5-4-10(18)15-16(17,6-7-19-12)13(9)14(11)22-15;/h2-5,10,12,15,19-20H,6-8H2,1H3;1H. The number of halogens is 2. The Morgan fingerprint density at radius 3 is 3.04 bits per heavy atom. The van der Waals surface area contributed by atoms with E-state index in [9.17, 15) is 9.50 Å². The minimum absolute atomic E-state index is 0. The summed E-state index contributed by atoms with van der Waals surface area (Å²) in [6, 6.07) is 3.79. The predicted molar refractivity (Wildman–Crippen MR) is 85.4 cm³/mol. The van der Waals surface area contributed by atoms with Crippen molar-refractivity contribution in [2.75, 3.05) is 13.7 Å². The van der Waals surface area contributed by atoms with Gasteiger partial charge in [0.05, 0.1) is 12.5 Å². The summed E-state index contributed by atoms with van der Waals surface area (Å²) in [4.78, 5) is 0. The van der Waals surface area contributed by atoms with E-state index in [2.05, 4.69) is 5.32 Å². The van der Waals surface area contributed by atoms with Gasteiger partial charge in [-0.1, -0.05) is 12.1 Å². The second-order valence-corrected chi connectivity index (χ2v) is 6.73. The van der Waals surface area contributed by atoms with Gasteiger partial charge >= 0.3 is 0 Å². The van der Waals surface area contributed by atoms with E-state index in [1.807, 2.05) is 12.1 Å². The molecule has 4 aliphatic rings.